The first kappa shape index (κ1) is 13.4. The SMILES string of the molecule is CCC(O)CCNc1ccnc(C(=O)OC)n1. The average molecular weight is 239 g/mol. The third kappa shape index (κ3) is 4.36. The summed E-state index contributed by atoms with van der Waals surface area (Å²) in [6, 6.07) is 1.66. The molecule has 0 aliphatic rings. The standard InChI is InChI=1S/C11H17N3O3/c1-3-8(15)4-6-12-9-5-7-13-10(14-9)11(16)17-2/h5,7-8,15H,3-4,6H2,1-2H3,(H,12,13,14). The van der Waals surface area contributed by atoms with Crippen molar-refractivity contribution in [2.45, 2.75) is 25.9 Å². The highest BCUT2D eigenvalue weighted by atomic mass is 16.5. The van der Waals surface area contributed by atoms with E-state index >= 15 is 0 Å². The lowest BCUT2D eigenvalue weighted by Gasteiger charge is -2.09. The van der Waals surface area contributed by atoms with E-state index in [1.54, 1.807) is 6.07 Å². The van der Waals surface area contributed by atoms with Gasteiger partial charge >= 0.3 is 5.97 Å². The average Bonchev–Trinajstić information content (AvgIpc) is 2.38. The molecule has 2 N–H and O–H groups in total. The van der Waals surface area contributed by atoms with Gasteiger partial charge in [-0.2, -0.15) is 0 Å². The molecular formula is C11H17N3O3. The Morgan fingerprint density at radius 1 is 1.65 bits per heavy atom. The minimum atomic E-state index is -0.567. The Bertz CT molecular complexity index is 371. The molecule has 0 saturated heterocycles. The second kappa shape index (κ2) is 6.80. The van der Waals surface area contributed by atoms with E-state index in [1.807, 2.05) is 6.92 Å². The number of nitrogens with one attached hydrogen (secondary N) is 1. The first-order valence-corrected chi connectivity index (χ1v) is 5.50. The van der Waals surface area contributed by atoms with E-state index in [0.717, 1.165) is 6.42 Å². The summed E-state index contributed by atoms with van der Waals surface area (Å²) in [7, 11) is 1.28. The Kier molecular flexibility index (Phi) is 5.35. The number of nitrogens with zero attached hydrogens (tertiary/aromatic N) is 2. The monoisotopic (exact) mass is 239 g/mol. The summed E-state index contributed by atoms with van der Waals surface area (Å²) in [6.45, 7) is 2.51. The van der Waals surface area contributed by atoms with Crippen LogP contribution in [-0.4, -0.2) is 40.8 Å². The summed E-state index contributed by atoms with van der Waals surface area (Å²) in [4.78, 5) is 19.0. The van der Waals surface area contributed by atoms with Gasteiger partial charge in [-0.15, -0.1) is 0 Å². The first-order valence-electron chi connectivity index (χ1n) is 5.50. The number of carbonyl (C=O) groups excluding carboxylic acids is 1. The Morgan fingerprint density at radius 2 is 2.41 bits per heavy atom. The second-order valence-electron chi connectivity index (χ2n) is 3.53. The van der Waals surface area contributed by atoms with Crippen LogP contribution in [0.1, 0.15) is 30.4 Å². The van der Waals surface area contributed by atoms with Gasteiger partial charge in [0.15, 0.2) is 0 Å². The summed E-state index contributed by atoms with van der Waals surface area (Å²) in [6.07, 6.45) is 2.52. The Labute approximate surface area is 100 Å². The second-order valence-corrected chi connectivity index (χ2v) is 3.53. The van der Waals surface area contributed by atoms with Crippen LogP contribution in [0.15, 0.2) is 12.3 Å². The van der Waals surface area contributed by atoms with Gasteiger partial charge in [-0.1, -0.05) is 6.92 Å². The molecule has 1 rings (SSSR count). The third-order valence-electron chi connectivity index (χ3n) is 2.28. The Morgan fingerprint density at radius 3 is 3.06 bits per heavy atom. The summed E-state index contributed by atoms with van der Waals surface area (Å²) in [5, 5.41) is 12.4. The number of esters is 1. The first-order chi connectivity index (χ1) is 8.17. The molecule has 1 unspecified atom stereocenters. The van der Waals surface area contributed by atoms with Gasteiger partial charge < -0.3 is 15.2 Å². The van der Waals surface area contributed by atoms with E-state index in [-0.39, 0.29) is 11.9 Å². The van der Waals surface area contributed by atoms with E-state index < -0.39 is 5.97 Å². The molecule has 0 spiro atoms. The van der Waals surface area contributed by atoms with Crippen molar-refractivity contribution in [3.05, 3.63) is 18.1 Å². The summed E-state index contributed by atoms with van der Waals surface area (Å²) < 4.78 is 4.52. The molecular weight excluding hydrogens is 222 g/mol. The largest absolute Gasteiger partial charge is 0.463 e. The molecule has 0 amide bonds. The minimum absolute atomic E-state index is 0.0218. The number of rotatable bonds is 6. The van der Waals surface area contributed by atoms with Crippen LogP contribution in [0.25, 0.3) is 0 Å². The number of aromatic nitrogens is 2. The van der Waals surface area contributed by atoms with Crippen molar-refractivity contribution in [1.29, 1.82) is 0 Å². The van der Waals surface area contributed by atoms with Crippen molar-refractivity contribution >= 4 is 11.8 Å². The smallest absolute Gasteiger partial charge is 0.376 e. The van der Waals surface area contributed by atoms with Crippen LogP contribution < -0.4 is 5.32 Å². The summed E-state index contributed by atoms with van der Waals surface area (Å²) >= 11 is 0. The summed E-state index contributed by atoms with van der Waals surface area (Å²) in [5.74, 6) is -0.000476. The van der Waals surface area contributed by atoms with Gasteiger partial charge in [0, 0.05) is 12.7 Å². The molecule has 17 heavy (non-hydrogen) atoms. The molecule has 1 atom stereocenters. The van der Waals surface area contributed by atoms with E-state index in [9.17, 15) is 9.90 Å². The van der Waals surface area contributed by atoms with Gasteiger partial charge in [-0.25, -0.2) is 14.8 Å². The van der Waals surface area contributed by atoms with Gasteiger partial charge in [-0.3, -0.25) is 0 Å². The maximum absolute atomic E-state index is 11.2. The van der Waals surface area contributed by atoms with Gasteiger partial charge in [0.05, 0.1) is 13.2 Å². The molecule has 1 aromatic rings. The van der Waals surface area contributed by atoms with Crippen LogP contribution in [0.2, 0.25) is 0 Å². The number of hydrogen-bond donors (Lipinski definition) is 2. The number of anilines is 1. The van der Waals surface area contributed by atoms with Crippen LogP contribution in [0.3, 0.4) is 0 Å². The molecule has 6 nitrogen and oxygen atoms in total. The molecule has 0 aromatic carbocycles. The quantitative estimate of drug-likeness (QED) is 0.715. The fourth-order valence-corrected chi connectivity index (χ4v) is 1.22. The van der Waals surface area contributed by atoms with Gasteiger partial charge in [-0.05, 0) is 18.9 Å². The molecule has 0 aliphatic heterocycles. The molecule has 6 heteroatoms. The predicted molar refractivity (Wildman–Crippen MR) is 62.8 cm³/mol. The number of hydrogen-bond acceptors (Lipinski definition) is 6. The molecule has 94 valence electrons. The molecule has 1 heterocycles. The number of methoxy groups -OCH3 is 1. The number of aliphatic hydroxyl groups is 1. The van der Waals surface area contributed by atoms with Crippen molar-refractivity contribution in [1.82, 2.24) is 9.97 Å². The Hall–Kier alpha value is -1.69. The van der Waals surface area contributed by atoms with Crippen LogP contribution in [-0.2, 0) is 4.74 Å². The van der Waals surface area contributed by atoms with E-state index in [2.05, 4.69) is 20.0 Å². The zero-order chi connectivity index (χ0) is 12.7. The molecule has 0 saturated carbocycles. The number of carbonyl (C=O) groups is 1. The highest BCUT2D eigenvalue weighted by molar-refractivity contribution is 5.85. The molecule has 0 fully saturated rings. The number of aliphatic hydroxyl groups excluding tert-OH is 1. The van der Waals surface area contributed by atoms with E-state index in [4.69, 9.17) is 0 Å². The predicted octanol–water partition coefficient (Wildman–Crippen LogP) is 0.836. The fraction of sp³-hybridized carbons (Fsp3) is 0.545. The van der Waals surface area contributed by atoms with E-state index in [1.165, 1.54) is 13.3 Å². The van der Waals surface area contributed by atoms with Crippen molar-refractivity contribution in [3.8, 4) is 0 Å². The molecule has 0 aliphatic carbocycles. The molecule has 0 radical (unpaired) electrons. The van der Waals surface area contributed by atoms with Gasteiger partial charge in [0.2, 0.25) is 5.82 Å². The minimum Gasteiger partial charge on any atom is -0.463 e. The van der Waals surface area contributed by atoms with Gasteiger partial charge in [0.25, 0.3) is 0 Å². The lowest BCUT2D eigenvalue weighted by molar-refractivity contribution is 0.0587. The summed E-state index contributed by atoms with van der Waals surface area (Å²) in [5.41, 5.74) is 0. The van der Waals surface area contributed by atoms with Crippen LogP contribution in [0, 0.1) is 0 Å². The van der Waals surface area contributed by atoms with Crippen LogP contribution in [0.4, 0.5) is 5.82 Å². The maximum Gasteiger partial charge on any atom is 0.376 e. The molecule has 0 bridgehead atoms. The van der Waals surface area contributed by atoms with Crippen molar-refractivity contribution in [2.24, 2.45) is 0 Å². The topological polar surface area (TPSA) is 84.3 Å². The Balaban J connectivity index is 2.51. The zero-order valence-electron chi connectivity index (χ0n) is 10.0. The fourth-order valence-electron chi connectivity index (χ4n) is 1.22. The van der Waals surface area contributed by atoms with Crippen molar-refractivity contribution < 1.29 is 14.6 Å². The highest BCUT2D eigenvalue weighted by Crippen LogP contribution is 2.04. The highest BCUT2D eigenvalue weighted by Gasteiger charge is 2.09. The number of ether oxygens (including phenoxy) is 1. The van der Waals surface area contributed by atoms with Crippen LogP contribution in [0.5, 0.6) is 0 Å². The van der Waals surface area contributed by atoms with Crippen LogP contribution >= 0.6 is 0 Å². The maximum atomic E-state index is 11.2. The zero-order valence-corrected chi connectivity index (χ0v) is 10.0. The molecule has 1 aromatic heterocycles. The third-order valence-corrected chi connectivity index (χ3v) is 2.28. The van der Waals surface area contributed by atoms with Crippen molar-refractivity contribution in [2.75, 3.05) is 19.0 Å². The lowest BCUT2D eigenvalue weighted by atomic mass is 10.2. The lowest BCUT2D eigenvalue weighted by Crippen LogP contribution is -2.14. The normalized spacial score (nSPS) is 11.9. The van der Waals surface area contributed by atoms with Gasteiger partial charge in [0.1, 0.15) is 5.82 Å². The van der Waals surface area contributed by atoms with E-state index in [0.29, 0.717) is 18.8 Å². The van der Waals surface area contributed by atoms with Crippen molar-refractivity contribution in [3.63, 3.8) is 0 Å².